The topological polar surface area (TPSA) is 60.5 Å². The van der Waals surface area contributed by atoms with Gasteiger partial charge in [0.15, 0.2) is 11.5 Å². The fourth-order valence-electron chi connectivity index (χ4n) is 1.84. The molecule has 0 saturated carbocycles. The van der Waals surface area contributed by atoms with Crippen LogP contribution in [0.2, 0.25) is 0 Å². The average Bonchev–Trinajstić information content (AvgIpc) is 2.51. The number of aromatic nitrogens is 1. The monoisotopic (exact) mass is 286 g/mol. The van der Waals surface area contributed by atoms with Crippen molar-refractivity contribution < 1.29 is 14.3 Å². The van der Waals surface area contributed by atoms with Crippen molar-refractivity contribution >= 4 is 11.6 Å². The first-order valence-electron chi connectivity index (χ1n) is 6.85. The Hall–Kier alpha value is -2.56. The molecule has 0 saturated heterocycles. The van der Waals surface area contributed by atoms with Crippen molar-refractivity contribution in [3.05, 3.63) is 48.3 Å². The molecule has 0 aliphatic carbocycles. The Morgan fingerprint density at radius 2 is 1.71 bits per heavy atom. The fourth-order valence-corrected chi connectivity index (χ4v) is 1.84. The minimum absolute atomic E-state index is 0.191. The highest BCUT2D eigenvalue weighted by atomic mass is 16.5. The van der Waals surface area contributed by atoms with Gasteiger partial charge in [-0.2, -0.15) is 0 Å². The van der Waals surface area contributed by atoms with Crippen LogP contribution in [0, 0.1) is 0 Å². The second kappa shape index (κ2) is 7.28. The highest BCUT2D eigenvalue weighted by molar-refractivity contribution is 6.04. The molecule has 1 amide bonds. The summed E-state index contributed by atoms with van der Waals surface area (Å²) >= 11 is 0. The van der Waals surface area contributed by atoms with E-state index in [2.05, 4.69) is 10.3 Å². The van der Waals surface area contributed by atoms with E-state index in [9.17, 15) is 4.79 Å². The number of nitrogens with one attached hydrogen (secondary N) is 1. The Balaban J connectivity index is 2.16. The summed E-state index contributed by atoms with van der Waals surface area (Å²) in [6.45, 7) is 4.90. The van der Waals surface area contributed by atoms with E-state index in [-0.39, 0.29) is 5.91 Å². The Morgan fingerprint density at radius 1 is 1.05 bits per heavy atom. The fraction of sp³-hybridized carbons (Fsp3) is 0.250. The summed E-state index contributed by atoms with van der Waals surface area (Å²) in [5.74, 6) is 1.09. The van der Waals surface area contributed by atoms with E-state index in [0.29, 0.717) is 36.0 Å². The Kier molecular flexibility index (Phi) is 5.15. The quantitative estimate of drug-likeness (QED) is 0.886. The van der Waals surface area contributed by atoms with Crippen LogP contribution in [-0.2, 0) is 0 Å². The molecule has 1 aromatic carbocycles. The molecule has 0 spiro atoms. The molecule has 0 aliphatic heterocycles. The lowest BCUT2D eigenvalue weighted by molar-refractivity contribution is 0.102. The van der Waals surface area contributed by atoms with Gasteiger partial charge in [-0.05, 0) is 38.1 Å². The number of benzene rings is 1. The van der Waals surface area contributed by atoms with Crippen LogP contribution in [0.15, 0.2) is 42.7 Å². The summed E-state index contributed by atoms with van der Waals surface area (Å²) in [5.41, 5.74) is 1.21. The van der Waals surface area contributed by atoms with E-state index in [0.717, 1.165) is 0 Å². The van der Waals surface area contributed by atoms with Crippen molar-refractivity contribution in [1.29, 1.82) is 0 Å². The number of rotatable bonds is 6. The summed E-state index contributed by atoms with van der Waals surface area (Å²) in [7, 11) is 0. The predicted molar refractivity (Wildman–Crippen MR) is 81.0 cm³/mol. The molecule has 1 heterocycles. The number of ether oxygens (including phenoxy) is 2. The van der Waals surface area contributed by atoms with Crippen LogP contribution >= 0.6 is 0 Å². The third kappa shape index (κ3) is 3.95. The van der Waals surface area contributed by atoms with Gasteiger partial charge < -0.3 is 14.8 Å². The third-order valence-electron chi connectivity index (χ3n) is 2.74. The number of hydrogen-bond acceptors (Lipinski definition) is 4. The number of carbonyl (C=O) groups is 1. The summed E-state index contributed by atoms with van der Waals surface area (Å²) < 4.78 is 11.0. The largest absolute Gasteiger partial charge is 0.490 e. The van der Waals surface area contributed by atoms with Crippen molar-refractivity contribution in [3.8, 4) is 11.5 Å². The van der Waals surface area contributed by atoms with E-state index in [4.69, 9.17) is 9.47 Å². The maximum absolute atomic E-state index is 12.1. The molecule has 2 rings (SSSR count). The van der Waals surface area contributed by atoms with Gasteiger partial charge in [0, 0.05) is 29.7 Å². The molecular formula is C16H18N2O3. The van der Waals surface area contributed by atoms with Crippen molar-refractivity contribution in [2.75, 3.05) is 18.5 Å². The van der Waals surface area contributed by atoms with E-state index >= 15 is 0 Å². The zero-order valence-corrected chi connectivity index (χ0v) is 12.1. The van der Waals surface area contributed by atoms with Gasteiger partial charge in [-0.1, -0.05) is 0 Å². The minimum Gasteiger partial charge on any atom is -0.490 e. The van der Waals surface area contributed by atoms with Gasteiger partial charge >= 0.3 is 0 Å². The number of amides is 1. The van der Waals surface area contributed by atoms with Gasteiger partial charge in [-0.15, -0.1) is 0 Å². The first-order valence-corrected chi connectivity index (χ1v) is 6.85. The van der Waals surface area contributed by atoms with Crippen LogP contribution in [0.5, 0.6) is 11.5 Å². The first kappa shape index (κ1) is 14.8. The van der Waals surface area contributed by atoms with Gasteiger partial charge in [-0.25, -0.2) is 0 Å². The summed E-state index contributed by atoms with van der Waals surface area (Å²) in [5, 5.41) is 2.82. The standard InChI is InChI=1S/C16H18N2O3/c1-3-20-14-6-5-13(11-15(14)21-4-2)18-16(19)12-7-9-17-10-8-12/h5-11H,3-4H2,1-2H3,(H,18,19). The Bertz CT molecular complexity index is 600. The molecule has 0 radical (unpaired) electrons. The summed E-state index contributed by atoms with van der Waals surface area (Å²) in [6.07, 6.45) is 3.16. The second-order valence-corrected chi connectivity index (χ2v) is 4.22. The van der Waals surface area contributed by atoms with Crippen molar-refractivity contribution in [1.82, 2.24) is 4.98 Å². The highest BCUT2D eigenvalue weighted by Crippen LogP contribution is 2.30. The molecule has 1 N–H and O–H groups in total. The molecule has 0 fully saturated rings. The van der Waals surface area contributed by atoms with Gasteiger partial charge in [-0.3, -0.25) is 9.78 Å². The number of carbonyl (C=O) groups excluding carboxylic acids is 1. The van der Waals surface area contributed by atoms with Gasteiger partial charge in [0.2, 0.25) is 0 Å². The highest BCUT2D eigenvalue weighted by Gasteiger charge is 2.09. The molecule has 0 atom stereocenters. The molecule has 0 bridgehead atoms. The lowest BCUT2D eigenvalue weighted by Crippen LogP contribution is -2.12. The number of pyridine rings is 1. The lowest BCUT2D eigenvalue weighted by Gasteiger charge is -2.13. The van der Waals surface area contributed by atoms with Gasteiger partial charge in [0.05, 0.1) is 13.2 Å². The van der Waals surface area contributed by atoms with Crippen molar-refractivity contribution in [3.63, 3.8) is 0 Å². The van der Waals surface area contributed by atoms with E-state index in [1.54, 1.807) is 42.7 Å². The number of anilines is 1. The van der Waals surface area contributed by atoms with Crippen LogP contribution in [0.4, 0.5) is 5.69 Å². The van der Waals surface area contributed by atoms with Crippen molar-refractivity contribution in [2.24, 2.45) is 0 Å². The zero-order chi connectivity index (χ0) is 15.1. The molecule has 5 heteroatoms. The van der Waals surface area contributed by atoms with Gasteiger partial charge in [0.1, 0.15) is 0 Å². The molecule has 21 heavy (non-hydrogen) atoms. The van der Waals surface area contributed by atoms with Crippen LogP contribution in [-0.4, -0.2) is 24.1 Å². The van der Waals surface area contributed by atoms with Gasteiger partial charge in [0.25, 0.3) is 5.91 Å². The smallest absolute Gasteiger partial charge is 0.255 e. The Morgan fingerprint density at radius 3 is 2.38 bits per heavy atom. The lowest BCUT2D eigenvalue weighted by atomic mass is 10.2. The minimum atomic E-state index is -0.191. The number of nitrogens with zero attached hydrogens (tertiary/aromatic N) is 1. The maximum Gasteiger partial charge on any atom is 0.255 e. The van der Waals surface area contributed by atoms with E-state index < -0.39 is 0 Å². The van der Waals surface area contributed by atoms with Crippen molar-refractivity contribution in [2.45, 2.75) is 13.8 Å². The maximum atomic E-state index is 12.1. The first-order chi connectivity index (χ1) is 10.2. The summed E-state index contributed by atoms with van der Waals surface area (Å²) in [6, 6.07) is 8.65. The normalized spacial score (nSPS) is 10.0. The third-order valence-corrected chi connectivity index (χ3v) is 2.74. The zero-order valence-electron chi connectivity index (χ0n) is 12.1. The number of hydrogen-bond donors (Lipinski definition) is 1. The SMILES string of the molecule is CCOc1ccc(NC(=O)c2ccncc2)cc1OCC. The van der Waals surface area contributed by atoms with E-state index in [1.165, 1.54) is 0 Å². The predicted octanol–water partition coefficient (Wildman–Crippen LogP) is 3.13. The molecule has 1 aromatic heterocycles. The van der Waals surface area contributed by atoms with Crippen LogP contribution < -0.4 is 14.8 Å². The molecule has 0 unspecified atom stereocenters. The molecule has 2 aromatic rings. The molecule has 110 valence electrons. The molecular weight excluding hydrogens is 268 g/mol. The van der Waals surface area contributed by atoms with Crippen LogP contribution in [0.3, 0.4) is 0 Å². The second-order valence-electron chi connectivity index (χ2n) is 4.22. The van der Waals surface area contributed by atoms with Crippen LogP contribution in [0.1, 0.15) is 24.2 Å². The average molecular weight is 286 g/mol. The summed E-state index contributed by atoms with van der Waals surface area (Å²) in [4.78, 5) is 16.0. The van der Waals surface area contributed by atoms with Crippen LogP contribution in [0.25, 0.3) is 0 Å². The van der Waals surface area contributed by atoms with E-state index in [1.807, 2.05) is 13.8 Å². The Labute approximate surface area is 123 Å². The molecule has 5 nitrogen and oxygen atoms in total. The molecule has 0 aliphatic rings.